The quantitative estimate of drug-likeness (QED) is 0.832. The lowest BCUT2D eigenvalue weighted by molar-refractivity contribution is 0.322. The third-order valence-electron chi connectivity index (χ3n) is 2.46. The molecule has 0 aliphatic heterocycles. The largest absolute Gasteiger partial charge is 0.492 e. The first kappa shape index (κ1) is 15.0. The maximum Gasteiger partial charge on any atom is 0.208 e. The molecule has 18 heavy (non-hydrogen) atoms. The van der Waals surface area contributed by atoms with Gasteiger partial charge in [0.2, 0.25) is 10.0 Å². The van der Waals surface area contributed by atoms with Crippen LogP contribution in [0.25, 0.3) is 0 Å². The summed E-state index contributed by atoms with van der Waals surface area (Å²) in [7, 11) is -3.13. The monoisotopic (exact) mass is 271 g/mol. The zero-order valence-electron chi connectivity index (χ0n) is 11.4. The molecule has 1 N–H and O–H groups in total. The third-order valence-corrected chi connectivity index (χ3v) is 3.18. The molecule has 0 heterocycles. The van der Waals surface area contributed by atoms with Gasteiger partial charge in [0, 0.05) is 6.54 Å². The molecule has 0 saturated carbocycles. The van der Waals surface area contributed by atoms with E-state index in [-0.39, 0.29) is 12.0 Å². The fourth-order valence-corrected chi connectivity index (χ4v) is 1.90. The van der Waals surface area contributed by atoms with Gasteiger partial charge in [-0.05, 0) is 23.1 Å². The first-order chi connectivity index (χ1) is 8.18. The first-order valence-electron chi connectivity index (χ1n) is 5.86. The summed E-state index contributed by atoms with van der Waals surface area (Å²) in [5, 5.41) is 0. The Kier molecular flexibility index (Phi) is 4.76. The number of rotatable bonds is 5. The predicted octanol–water partition coefficient (Wildman–Crippen LogP) is 1.91. The van der Waals surface area contributed by atoms with Crippen molar-refractivity contribution in [3.05, 3.63) is 29.8 Å². The van der Waals surface area contributed by atoms with Gasteiger partial charge in [-0.3, -0.25) is 0 Å². The van der Waals surface area contributed by atoms with Gasteiger partial charge in [0.15, 0.2) is 0 Å². The van der Waals surface area contributed by atoms with E-state index in [4.69, 9.17) is 4.74 Å². The van der Waals surface area contributed by atoms with Gasteiger partial charge in [0.25, 0.3) is 0 Å². The zero-order valence-corrected chi connectivity index (χ0v) is 12.2. The molecule has 5 heteroatoms. The maximum absolute atomic E-state index is 10.8. The van der Waals surface area contributed by atoms with Gasteiger partial charge in [-0.2, -0.15) is 0 Å². The third kappa shape index (κ3) is 5.51. The van der Waals surface area contributed by atoms with Crippen LogP contribution in [-0.4, -0.2) is 27.8 Å². The summed E-state index contributed by atoms with van der Waals surface area (Å²) in [5.74, 6) is 0.748. The minimum absolute atomic E-state index is 0.121. The van der Waals surface area contributed by atoms with E-state index in [1.807, 2.05) is 24.3 Å². The van der Waals surface area contributed by atoms with Gasteiger partial charge in [-0.15, -0.1) is 0 Å². The molecule has 0 aliphatic carbocycles. The van der Waals surface area contributed by atoms with Crippen LogP contribution >= 0.6 is 0 Å². The van der Waals surface area contributed by atoms with Crippen molar-refractivity contribution < 1.29 is 13.2 Å². The van der Waals surface area contributed by atoms with Gasteiger partial charge in [-0.25, -0.2) is 13.1 Å². The predicted molar refractivity (Wildman–Crippen MR) is 73.5 cm³/mol. The minimum Gasteiger partial charge on any atom is -0.492 e. The van der Waals surface area contributed by atoms with E-state index in [0.717, 1.165) is 12.0 Å². The lowest BCUT2D eigenvalue weighted by Gasteiger charge is -2.19. The van der Waals surface area contributed by atoms with Crippen LogP contribution in [0.15, 0.2) is 24.3 Å². The Bertz CT molecular complexity index is 472. The molecule has 0 spiro atoms. The summed E-state index contributed by atoms with van der Waals surface area (Å²) in [5.41, 5.74) is 1.36. The molecule has 1 rings (SSSR count). The average Bonchev–Trinajstić information content (AvgIpc) is 2.22. The molecule has 102 valence electrons. The van der Waals surface area contributed by atoms with Crippen molar-refractivity contribution in [2.45, 2.75) is 26.2 Å². The van der Waals surface area contributed by atoms with Crippen LogP contribution in [0.5, 0.6) is 5.75 Å². The molecular formula is C13H21NO3S. The molecule has 0 fully saturated rings. The Balaban J connectivity index is 2.45. The first-order valence-corrected chi connectivity index (χ1v) is 7.75. The number of nitrogens with one attached hydrogen (secondary N) is 1. The average molecular weight is 271 g/mol. The molecule has 0 saturated heterocycles. The van der Waals surface area contributed by atoms with Gasteiger partial charge < -0.3 is 4.74 Å². The van der Waals surface area contributed by atoms with E-state index >= 15 is 0 Å². The lowest BCUT2D eigenvalue weighted by atomic mass is 9.87. The molecule has 0 unspecified atom stereocenters. The van der Waals surface area contributed by atoms with E-state index in [1.165, 1.54) is 5.56 Å². The van der Waals surface area contributed by atoms with Gasteiger partial charge in [0.05, 0.1) is 6.26 Å². The van der Waals surface area contributed by atoms with Crippen molar-refractivity contribution in [1.82, 2.24) is 4.72 Å². The summed E-state index contributed by atoms with van der Waals surface area (Å²) in [6.07, 6.45) is 1.13. The molecule has 1 aromatic rings. The fourth-order valence-electron chi connectivity index (χ4n) is 1.45. The van der Waals surface area contributed by atoms with Crippen LogP contribution in [0.1, 0.15) is 26.3 Å². The molecule has 0 atom stereocenters. The molecule has 0 bridgehead atoms. The van der Waals surface area contributed by atoms with Crippen LogP contribution in [0.4, 0.5) is 0 Å². The van der Waals surface area contributed by atoms with Crippen LogP contribution in [-0.2, 0) is 15.4 Å². The summed E-state index contributed by atoms with van der Waals surface area (Å²) in [6.45, 7) is 7.05. The molecule has 0 radical (unpaired) electrons. The van der Waals surface area contributed by atoms with Gasteiger partial charge in [-0.1, -0.05) is 32.9 Å². The second kappa shape index (κ2) is 5.71. The lowest BCUT2D eigenvalue weighted by Crippen LogP contribution is -2.26. The fraction of sp³-hybridized carbons (Fsp3) is 0.538. The van der Waals surface area contributed by atoms with Crippen molar-refractivity contribution in [2.75, 3.05) is 19.4 Å². The van der Waals surface area contributed by atoms with Crippen LogP contribution in [0, 0.1) is 0 Å². The van der Waals surface area contributed by atoms with Crippen LogP contribution in [0.2, 0.25) is 0 Å². The van der Waals surface area contributed by atoms with Crippen molar-refractivity contribution >= 4 is 10.0 Å². The van der Waals surface area contributed by atoms with E-state index in [9.17, 15) is 8.42 Å². The number of hydrogen-bond acceptors (Lipinski definition) is 3. The highest BCUT2D eigenvalue weighted by Gasteiger charge is 2.12. The second-order valence-electron chi connectivity index (χ2n) is 5.29. The number of hydrogen-bond donors (Lipinski definition) is 1. The summed E-state index contributed by atoms with van der Waals surface area (Å²) in [6, 6.07) is 7.86. The molecular weight excluding hydrogens is 250 g/mol. The van der Waals surface area contributed by atoms with E-state index in [0.29, 0.717) is 6.61 Å². The molecule has 0 aromatic heterocycles. The highest BCUT2D eigenvalue weighted by atomic mass is 32.2. The zero-order chi connectivity index (χ0) is 13.8. The Morgan fingerprint density at radius 2 is 1.72 bits per heavy atom. The van der Waals surface area contributed by atoms with Crippen molar-refractivity contribution in [3.63, 3.8) is 0 Å². The molecule has 0 amide bonds. The second-order valence-corrected chi connectivity index (χ2v) is 7.12. The van der Waals surface area contributed by atoms with Gasteiger partial charge in [0.1, 0.15) is 12.4 Å². The highest BCUT2D eigenvalue weighted by molar-refractivity contribution is 7.88. The standard InChI is InChI=1S/C13H21NO3S/c1-13(2,3)11-5-7-12(8-6-11)17-10-9-14-18(4,15)16/h5-8,14H,9-10H2,1-4H3. The van der Waals surface area contributed by atoms with Crippen molar-refractivity contribution in [3.8, 4) is 5.75 Å². The Labute approximate surface area is 109 Å². The van der Waals surface area contributed by atoms with Gasteiger partial charge >= 0.3 is 0 Å². The van der Waals surface area contributed by atoms with E-state index in [2.05, 4.69) is 25.5 Å². The summed E-state index contributed by atoms with van der Waals surface area (Å²) >= 11 is 0. The SMILES string of the molecule is CC(C)(C)c1ccc(OCCNS(C)(=O)=O)cc1. The smallest absolute Gasteiger partial charge is 0.208 e. The Hall–Kier alpha value is -1.07. The van der Waals surface area contributed by atoms with Crippen LogP contribution in [0.3, 0.4) is 0 Å². The molecule has 4 nitrogen and oxygen atoms in total. The Morgan fingerprint density at radius 1 is 1.17 bits per heavy atom. The molecule has 0 aliphatic rings. The molecule has 1 aromatic carbocycles. The number of sulfonamides is 1. The normalized spacial score (nSPS) is 12.4. The van der Waals surface area contributed by atoms with E-state index in [1.54, 1.807) is 0 Å². The number of benzene rings is 1. The maximum atomic E-state index is 10.8. The summed E-state index contributed by atoms with van der Waals surface area (Å²) in [4.78, 5) is 0. The highest BCUT2D eigenvalue weighted by Crippen LogP contribution is 2.24. The van der Waals surface area contributed by atoms with Crippen molar-refractivity contribution in [1.29, 1.82) is 0 Å². The van der Waals surface area contributed by atoms with Crippen LogP contribution < -0.4 is 9.46 Å². The van der Waals surface area contributed by atoms with E-state index < -0.39 is 10.0 Å². The minimum atomic E-state index is -3.13. The van der Waals surface area contributed by atoms with Crippen molar-refractivity contribution in [2.24, 2.45) is 0 Å². The summed E-state index contributed by atoms with van der Waals surface area (Å²) < 4.78 is 29.5. The Morgan fingerprint density at radius 3 is 2.17 bits per heavy atom. The number of ether oxygens (including phenoxy) is 1. The topological polar surface area (TPSA) is 55.4 Å².